The number of esters is 3. The van der Waals surface area contributed by atoms with E-state index in [1.807, 2.05) is 0 Å². The van der Waals surface area contributed by atoms with E-state index in [0.717, 1.165) is 57.8 Å². The molecule has 0 radical (unpaired) electrons. The minimum Gasteiger partial charge on any atom is -0.462 e. The smallest absolute Gasteiger partial charge is 0.306 e. The second-order valence-corrected chi connectivity index (χ2v) is 21.0. The molecule has 1 atom stereocenters. The van der Waals surface area contributed by atoms with Crippen molar-refractivity contribution in [2.75, 3.05) is 13.2 Å². The summed E-state index contributed by atoms with van der Waals surface area (Å²) in [4.78, 5) is 37.7. The van der Waals surface area contributed by atoms with Gasteiger partial charge in [0.2, 0.25) is 0 Å². The first-order valence-corrected chi connectivity index (χ1v) is 30.7. The fourth-order valence-corrected chi connectivity index (χ4v) is 9.38. The van der Waals surface area contributed by atoms with Gasteiger partial charge < -0.3 is 14.2 Å². The van der Waals surface area contributed by atoms with E-state index >= 15 is 0 Å². The molecule has 0 aromatic rings. The van der Waals surface area contributed by atoms with E-state index in [1.165, 1.54) is 250 Å². The second kappa shape index (κ2) is 57.7. The van der Waals surface area contributed by atoms with Crippen LogP contribution in [0.1, 0.15) is 348 Å². The van der Waals surface area contributed by atoms with Gasteiger partial charge in [-0.2, -0.15) is 0 Å². The van der Waals surface area contributed by atoms with Crippen LogP contribution in [0.2, 0.25) is 0 Å². The molecule has 0 aliphatic carbocycles. The molecule has 68 heavy (non-hydrogen) atoms. The first-order chi connectivity index (χ1) is 33.5. The highest BCUT2D eigenvalue weighted by atomic mass is 16.6. The van der Waals surface area contributed by atoms with Crippen LogP contribution >= 0.6 is 0 Å². The monoisotopic (exact) mass is 959 g/mol. The van der Waals surface area contributed by atoms with Gasteiger partial charge in [0.25, 0.3) is 0 Å². The first-order valence-electron chi connectivity index (χ1n) is 30.7. The van der Waals surface area contributed by atoms with Crippen molar-refractivity contribution in [1.82, 2.24) is 0 Å². The van der Waals surface area contributed by atoms with Gasteiger partial charge in [0, 0.05) is 19.3 Å². The van der Waals surface area contributed by atoms with Gasteiger partial charge in [-0.05, 0) is 44.9 Å². The Morgan fingerprint density at radius 3 is 0.735 bits per heavy atom. The van der Waals surface area contributed by atoms with Gasteiger partial charge in [-0.1, -0.05) is 296 Å². The van der Waals surface area contributed by atoms with Crippen LogP contribution in [0.4, 0.5) is 0 Å². The van der Waals surface area contributed by atoms with Crippen LogP contribution in [0.5, 0.6) is 0 Å². The van der Waals surface area contributed by atoms with Gasteiger partial charge in [0.15, 0.2) is 6.10 Å². The predicted molar refractivity (Wildman–Crippen MR) is 293 cm³/mol. The maximum absolute atomic E-state index is 12.7. The fraction of sp³-hybridized carbons (Fsp3) is 0.919. The van der Waals surface area contributed by atoms with E-state index in [0.29, 0.717) is 19.3 Å². The molecule has 6 nitrogen and oxygen atoms in total. The van der Waals surface area contributed by atoms with Crippen LogP contribution in [-0.2, 0) is 28.6 Å². The third-order valence-electron chi connectivity index (χ3n) is 14.0. The number of allylic oxidation sites excluding steroid dienone is 2. The lowest BCUT2D eigenvalue weighted by Crippen LogP contribution is -2.30. The molecule has 0 N–H and O–H groups in total. The molecule has 0 saturated heterocycles. The molecule has 0 rings (SSSR count). The van der Waals surface area contributed by atoms with Crippen molar-refractivity contribution in [1.29, 1.82) is 0 Å². The Balaban J connectivity index is 3.76. The van der Waals surface area contributed by atoms with Gasteiger partial charge in [0.05, 0.1) is 0 Å². The molecule has 0 spiro atoms. The highest BCUT2D eigenvalue weighted by Crippen LogP contribution is 2.18. The van der Waals surface area contributed by atoms with Crippen molar-refractivity contribution in [2.24, 2.45) is 0 Å². The van der Waals surface area contributed by atoms with E-state index in [2.05, 4.69) is 32.9 Å². The molecule has 0 fully saturated rings. The molecule has 0 amide bonds. The maximum atomic E-state index is 12.7. The Bertz CT molecular complexity index is 1060. The number of hydrogen-bond donors (Lipinski definition) is 0. The molecular formula is C62H118O6. The first kappa shape index (κ1) is 66.2. The van der Waals surface area contributed by atoms with Gasteiger partial charge >= 0.3 is 17.9 Å². The molecule has 402 valence electrons. The maximum Gasteiger partial charge on any atom is 0.306 e. The second-order valence-electron chi connectivity index (χ2n) is 21.0. The van der Waals surface area contributed by atoms with Crippen molar-refractivity contribution in [2.45, 2.75) is 354 Å². The van der Waals surface area contributed by atoms with Crippen molar-refractivity contribution >= 4 is 17.9 Å². The van der Waals surface area contributed by atoms with E-state index in [-0.39, 0.29) is 31.1 Å². The van der Waals surface area contributed by atoms with E-state index < -0.39 is 6.10 Å². The molecule has 0 bridgehead atoms. The fourth-order valence-electron chi connectivity index (χ4n) is 9.38. The van der Waals surface area contributed by atoms with Gasteiger partial charge in [0.1, 0.15) is 13.2 Å². The Kier molecular flexibility index (Phi) is 56.2. The molecule has 0 aromatic heterocycles. The summed E-state index contributed by atoms with van der Waals surface area (Å²) in [5, 5.41) is 0. The van der Waals surface area contributed by atoms with Crippen LogP contribution in [0.3, 0.4) is 0 Å². The van der Waals surface area contributed by atoms with Crippen molar-refractivity contribution in [3.05, 3.63) is 12.2 Å². The van der Waals surface area contributed by atoms with E-state index in [9.17, 15) is 14.4 Å². The quantitative estimate of drug-likeness (QED) is 0.0262. The minimum absolute atomic E-state index is 0.0643. The number of carbonyl (C=O) groups excluding carboxylic acids is 3. The lowest BCUT2D eigenvalue weighted by molar-refractivity contribution is -0.167. The van der Waals surface area contributed by atoms with Crippen molar-refractivity contribution < 1.29 is 28.6 Å². The van der Waals surface area contributed by atoms with Crippen LogP contribution < -0.4 is 0 Å². The third-order valence-corrected chi connectivity index (χ3v) is 14.0. The minimum atomic E-state index is -0.759. The Labute approximate surface area is 424 Å². The normalized spacial score (nSPS) is 12.0. The summed E-state index contributed by atoms with van der Waals surface area (Å²) in [5.74, 6) is -0.859. The number of carbonyl (C=O) groups is 3. The predicted octanol–water partition coefficient (Wildman–Crippen LogP) is 20.5. The summed E-state index contributed by atoms with van der Waals surface area (Å²) in [5.41, 5.74) is 0. The zero-order valence-electron chi connectivity index (χ0n) is 46.2. The molecule has 0 saturated carbocycles. The summed E-state index contributed by atoms with van der Waals surface area (Å²) in [6, 6.07) is 0. The highest BCUT2D eigenvalue weighted by molar-refractivity contribution is 5.71. The number of ether oxygens (including phenoxy) is 3. The lowest BCUT2D eigenvalue weighted by Gasteiger charge is -2.18. The highest BCUT2D eigenvalue weighted by Gasteiger charge is 2.19. The number of hydrogen-bond acceptors (Lipinski definition) is 6. The van der Waals surface area contributed by atoms with Crippen LogP contribution in [0.25, 0.3) is 0 Å². The standard InChI is InChI=1S/C62H118O6/c1-4-7-10-13-16-18-19-20-21-22-23-24-25-26-27-28-29-30-31-32-33-34-35-36-37-38-39-40-41-42-43-45-46-49-52-55-61(64)67-58-59(57-66-60(63)54-51-48-15-12-9-6-3)68-62(65)56-53-50-47-44-17-14-11-8-5-2/h22-23,59H,4-21,24-58H2,1-3H3/b23-22-. The third kappa shape index (κ3) is 55.1. The van der Waals surface area contributed by atoms with Crippen LogP contribution in [0, 0.1) is 0 Å². The Morgan fingerprint density at radius 2 is 0.485 bits per heavy atom. The molecule has 6 heteroatoms. The Hall–Kier alpha value is -1.85. The summed E-state index contributed by atoms with van der Waals surface area (Å²) < 4.78 is 16.7. The number of rotatable bonds is 57. The summed E-state index contributed by atoms with van der Waals surface area (Å²) in [7, 11) is 0. The Morgan fingerprint density at radius 1 is 0.279 bits per heavy atom. The molecular weight excluding hydrogens is 841 g/mol. The molecule has 0 aliphatic heterocycles. The lowest BCUT2D eigenvalue weighted by atomic mass is 10.0. The van der Waals surface area contributed by atoms with Crippen molar-refractivity contribution in [3.63, 3.8) is 0 Å². The molecule has 1 unspecified atom stereocenters. The molecule has 0 aromatic carbocycles. The zero-order valence-corrected chi connectivity index (χ0v) is 46.2. The van der Waals surface area contributed by atoms with Gasteiger partial charge in [-0.15, -0.1) is 0 Å². The zero-order chi connectivity index (χ0) is 49.3. The van der Waals surface area contributed by atoms with Gasteiger partial charge in [-0.3, -0.25) is 14.4 Å². The number of unbranched alkanes of at least 4 members (excludes halogenated alkanes) is 44. The van der Waals surface area contributed by atoms with E-state index in [4.69, 9.17) is 14.2 Å². The molecule has 0 aliphatic rings. The van der Waals surface area contributed by atoms with Crippen LogP contribution in [0.15, 0.2) is 12.2 Å². The average Bonchev–Trinajstić information content (AvgIpc) is 3.34. The topological polar surface area (TPSA) is 78.9 Å². The summed E-state index contributed by atoms with van der Waals surface area (Å²) >= 11 is 0. The summed E-state index contributed by atoms with van der Waals surface area (Å²) in [6.45, 7) is 6.60. The summed E-state index contributed by atoms with van der Waals surface area (Å²) in [6.07, 6.45) is 67.2. The van der Waals surface area contributed by atoms with E-state index in [1.54, 1.807) is 0 Å². The molecule has 0 heterocycles. The SMILES string of the molecule is CCCCCCCCCC/C=C\CCCCCCCCCCCCCCCCCCCCCCCCCC(=O)OCC(COC(=O)CCCCCCCC)OC(=O)CCCCCCCCCCC. The van der Waals surface area contributed by atoms with Gasteiger partial charge in [-0.25, -0.2) is 0 Å². The van der Waals surface area contributed by atoms with Crippen molar-refractivity contribution in [3.8, 4) is 0 Å². The average molecular weight is 960 g/mol. The van der Waals surface area contributed by atoms with Crippen LogP contribution in [-0.4, -0.2) is 37.2 Å². The largest absolute Gasteiger partial charge is 0.462 e.